The van der Waals surface area contributed by atoms with Crippen molar-refractivity contribution >= 4 is 17.7 Å². The number of aliphatic hydroxyl groups excluding tert-OH is 1. The summed E-state index contributed by atoms with van der Waals surface area (Å²) in [5.41, 5.74) is 0.834. The predicted octanol–water partition coefficient (Wildman–Crippen LogP) is 3.49. The largest absolute Gasteiger partial charge is 0.481 e. The second-order valence-electron chi connectivity index (χ2n) is 4.63. The summed E-state index contributed by atoms with van der Waals surface area (Å²) in [5.74, 6) is -6.98. The molecule has 0 saturated carbocycles. The van der Waals surface area contributed by atoms with Crippen molar-refractivity contribution in [1.29, 1.82) is 0 Å². The highest BCUT2D eigenvalue weighted by Gasteiger charge is 2.64. The summed E-state index contributed by atoms with van der Waals surface area (Å²) < 4.78 is 63.3. The van der Waals surface area contributed by atoms with Gasteiger partial charge in [0.15, 0.2) is 0 Å². The number of carbonyl (C=O) groups is 1. The van der Waals surface area contributed by atoms with E-state index in [1.165, 1.54) is 12.1 Å². The van der Waals surface area contributed by atoms with E-state index in [9.17, 15) is 31.9 Å². The van der Waals surface area contributed by atoms with Crippen LogP contribution in [-0.2, 0) is 4.79 Å². The first-order valence-electron chi connectivity index (χ1n) is 6.03. The number of carboxylic acid groups (broad SMARTS) is 1. The summed E-state index contributed by atoms with van der Waals surface area (Å²) in [6.45, 7) is 1.75. The molecule has 0 unspecified atom stereocenters. The number of rotatable bonds is 6. The quantitative estimate of drug-likeness (QED) is 0.613. The molecule has 124 valence electrons. The highest BCUT2D eigenvalue weighted by atomic mass is 32.2. The fraction of sp³-hybridized carbons (Fsp3) is 0.462. The third-order valence-corrected chi connectivity index (χ3v) is 4.06. The molecule has 0 aliphatic heterocycles. The van der Waals surface area contributed by atoms with Crippen LogP contribution in [0.25, 0.3) is 0 Å². The Morgan fingerprint density at radius 1 is 1.18 bits per heavy atom. The molecule has 0 bridgehead atoms. The third-order valence-electron chi connectivity index (χ3n) is 2.79. The molecular formula is C13H13F5O3S. The zero-order valence-corrected chi connectivity index (χ0v) is 12.1. The Balaban J connectivity index is 3.02. The maximum absolute atomic E-state index is 13.2. The Morgan fingerprint density at radius 3 is 2.09 bits per heavy atom. The maximum atomic E-state index is 13.2. The van der Waals surface area contributed by atoms with Crippen LogP contribution in [0.2, 0.25) is 0 Å². The van der Waals surface area contributed by atoms with Gasteiger partial charge in [0.25, 0.3) is 0 Å². The minimum Gasteiger partial charge on any atom is -0.481 e. The van der Waals surface area contributed by atoms with E-state index in [2.05, 4.69) is 0 Å². The van der Waals surface area contributed by atoms with Gasteiger partial charge >= 0.3 is 18.1 Å². The summed E-state index contributed by atoms with van der Waals surface area (Å²) in [4.78, 5) is 11.0. The molecule has 1 aromatic carbocycles. The molecule has 1 rings (SSSR count). The lowest BCUT2D eigenvalue weighted by Gasteiger charge is -2.29. The molecule has 0 aromatic heterocycles. The molecule has 0 saturated heterocycles. The van der Waals surface area contributed by atoms with Gasteiger partial charge < -0.3 is 10.2 Å². The van der Waals surface area contributed by atoms with Gasteiger partial charge in [-0.2, -0.15) is 22.0 Å². The van der Waals surface area contributed by atoms with Crippen LogP contribution < -0.4 is 0 Å². The van der Waals surface area contributed by atoms with Crippen LogP contribution in [0.3, 0.4) is 0 Å². The smallest absolute Gasteiger partial charge is 0.456 e. The molecule has 0 spiro atoms. The molecule has 2 N–H and O–H groups in total. The number of aliphatic carboxylic acids is 1. The van der Waals surface area contributed by atoms with E-state index in [1.807, 2.05) is 0 Å². The number of aryl methyl sites for hydroxylation is 1. The topological polar surface area (TPSA) is 57.5 Å². The first kappa shape index (κ1) is 18.7. The van der Waals surface area contributed by atoms with Crippen LogP contribution >= 0.6 is 11.8 Å². The van der Waals surface area contributed by atoms with Crippen LogP contribution in [0.1, 0.15) is 12.0 Å². The molecule has 0 fully saturated rings. The molecule has 3 nitrogen and oxygen atoms in total. The highest BCUT2D eigenvalue weighted by molar-refractivity contribution is 8.00. The highest BCUT2D eigenvalue weighted by Crippen LogP contribution is 2.43. The van der Waals surface area contributed by atoms with Crippen LogP contribution in [0.4, 0.5) is 22.0 Å². The van der Waals surface area contributed by atoms with Crippen molar-refractivity contribution in [3.05, 3.63) is 29.8 Å². The minimum absolute atomic E-state index is 0.286. The summed E-state index contributed by atoms with van der Waals surface area (Å²) in [6, 6.07) is 6.09. The number of hydrogen-bond donors (Lipinski definition) is 2. The second-order valence-corrected chi connectivity index (χ2v) is 5.95. The lowest BCUT2D eigenvalue weighted by atomic mass is 10.1. The van der Waals surface area contributed by atoms with Gasteiger partial charge in [-0.15, -0.1) is 11.8 Å². The molecule has 0 aliphatic rings. The summed E-state index contributed by atoms with van der Waals surface area (Å²) in [7, 11) is 0. The Bertz CT molecular complexity index is 515. The SMILES string of the molecule is Cc1ccc(S[C@H](CC(=O)O)[C@H](O)C(F)(F)C(F)(F)F)cc1. The summed E-state index contributed by atoms with van der Waals surface area (Å²) >= 11 is 0.466. The van der Waals surface area contributed by atoms with E-state index in [-0.39, 0.29) is 4.90 Å². The maximum Gasteiger partial charge on any atom is 0.456 e. The van der Waals surface area contributed by atoms with Crippen molar-refractivity contribution < 1.29 is 37.0 Å². The summed E-state index contributed by atoms with van der Waals surface area (Å²) in [5, 5.41) is 16.2. The van der Waals surface area contributed by atoms with E-state index in [0.29, 0.717) is 11.8 Å². The van der Waals surface area contributed by atoms with Crippen molar-refractivity contribution in [3.63, 3.8) is 0 Å². The number of carboxylic acids is 1. The second kappa shape index (κ2) is 6.82. The van der Waals surface area contributed by atoms with Crippen molar-refractivity contribution in [1.82, 2.24) is 0 Å². The summed E-state index contributed by atoms with van der Waals surface area (Å²) in [6.07, 6.45) is -10.2. The van der Waals surface area contributed by atoms with Gasteiger partial charge in [0.1, 0.15) is 6.10 Å². The van der Waals surface area contributed by atoms with Crippen LogP contribution in [0.15, 0.2) is 29.2 Å². The van der Waals surface area contributed by atoms with Gasteiger partial charge in [-0.3, -0.25) is 4.79 Å². The van der Waals surface area contributed by atoms with Crippen molar-refractivity contribution in [2.45, 2.75) is 41.7 Å². The lowest BCUT2D eigenvalue weighted by Crippen LogP contribution is -2.51. The van der Waals surface area contributed by atoms with E-state index < -0.39 is 35.8 Å². The van der Waals surface area contributed by atoms with E-state index in [4.69, 9.17) is 5.11 Å². The predicted molar refractivity (Wildman–Crippen MR) is 70.1 cm³/mol. The van der Waals surface area contributed by atoms with Crippen LogP contribution in [-0.4, -0.2) is 39.6 Å². The Hall–Kier alpha value is -1.35. The average Bonchev–Trinajstić information content (AvgIpc) is 2.37. The fourth-order valence-corrected chi connectivity index (χ4v) is 2.75. The third kappa shape index (κ3) is 4.57. The zero-order chi connectivity index (χ0) is 17.1. The van der Waals surface area contributed by atoms with Gasteiger partial charge in [-0.05, 0) is 19.1 Å². The normalized spacial score (nSPS) is 15.4. The van der Waals surface area contributed by atoms with Crippen LogP contribution in [0, 0.1) is 6.92 Å². The lowest BCUT2D eigenvalue weighted by molar-refractivity contribution is -0.312. The van der Waals surface area contributed by atoms with E-state index in [1.54, 1.807) is 19.1 Å². The average molecular weight is 344 g/mol. The van der Waals surface area contributed by atoms with E-state index in [0.717, 1.165) is 5.56 Å². The number of hydrogen-bond acceptors (Lipinski definition) is 3. The fourth-order valence-electron chi connectivity index (χ4n) is 1.58. The Kier molecular flexibility index (Phi) is 5.80. The molecule has 0 aliphatic carbocycles. The standard InChI is InChI=1S/C13H13F5O3S/c1-7-2-4-8(5-3-7)22-9(6-10(19)20)11(21)12(14,15)13(16,17)18/h2-5,9,11,21H,6H2,1H3,(H,19,20)/t9-,11+/m1/s1. The molecule has 9 heteroatoms. The molecule has 22 heavy (non-hydrogen) atoms. The number of halogens is 5. The number of benzene rings is 1. The Morgan fingerprint density at radius 2 is 1.68 bits per heavy atom. The van der Waals surface area contributed by atoms with Crippen LogP contribution in [0.5, 0.6) is 0 Å². The molecule has 0 radical (unpaired) electrons. The minimum atomic E-state index is -5.96. The number of thioether (sulfide) groups is 1. The van der Waals surface area contributed by atoms with Gasteiger partial charge in [-0.25, -0.2) is 0 Å². The van der Waals surface area contributed by atoms with Crippen molar-refractivity contribution in [3.8, 4) is 0 Å². The van der Waals surface area contributed by atoms with Gasteiger partial charge in [-0.1, -0.05) is 17.7 Å². The number of alkyl halides is 5. The van der Waals surface area contributed by atoms with Gasteiger partial charge in [0, 0.05) is 4.90 Å². The molecule has 0 amide bonds. The Labute approximate surface area is 127 Å². The molecule has 2 atom stereocenters. The number of aliphatic hydroxyl groups is 1. The van der Waals surface area contributed by atoms with Crippen molar-refractivity contribution in [2.75, 3.05) is 0 Å². The first-order valence-corrected chi connectivity index (χ1v) is 6.91. The zero-order valence-electron chi connectivity index (χ0n) is 11.3. The molecule has 0 heterocycles. The van der Waals surface area contributed by atoms with Gasteiger partial charge in [0.05, 0.1) is 11.7 Å². The van der Waals surface area contributed by atoms with Crippen molar-refractivity contribution in [2.24, 2.45) is 0 Å². The van der Waals surface area contributed by atoms with Gasteiger partial charge in [0.2, 0.25) is 0 Å². The molecular weight excluding hydrogens is 331 g/mol. The monoisotopic (exact) mass is 344 g/mol. The van der Waals surface area contributed by atoms with E-state index >= 15 is 0 Å². The first-order chi connectivity index (χ1) is 9.95. The molecule has 1 aromatic rings.